The van der Waals surface area contributed by atoms with Gasteiger partial charge >= 0.3 is 6.03 Å². The summed E-state index contributed by atoms with van der Waals surface area (Å²) in [6, 6.07) is 28.9. The van der Waals surface area contributed by atoms with Crippen molar-refractivity contribution in [2.24, 2.45) is 5.92 Å². The first kappa shape index (κ1) is 25.6. The molecule has 3 aromatic carbocycles. The van der Waals surface area contributed by atoms with Crippen LogP contribution in [0.1, 0.15) is 47.7 Å². The van der Waals surface area contributed by atoms with E-state index in [9.17, 15) is 9.59 Å². The lowest BCUT2D eigenvalue weighted by atomic mass is 9.84. The number of amides is 2. The summed E-state index contributed by atoms with van der Waals surface area (Å²) < 4.78 is 0. The second-order valence-corrected chi connectivity index (χ2v) is 9.83. The monoisotopic (exact) mass is 483 g/mol. The molecule has 2 amide bonds. The van der Waals surface area contributed by atoms with Crippen LogP contribution in [0.2, 0.25) is 0 Å². The van der Waals surface area contributed by atoms with Crippen LogP contribution >= 0.6 is 0 Å². The number of likely N-dealkylation sites (tertiary alicyclic amines) is 1. The van der Waals surface area contributed by atoms with Crippen LogP contribution in [0, 0.1) is 5.92 Å². The number of benzene rings is 3. The molecule has 36 heavy (non-hydrogen) atoms. The van der Waals surface area contributed by atoms with Crippen LogP contribution in [-0.4, -0.2) is 42.4 Å². The molecule has 2 atom stereocenters. The van der Waals surface area contributed by atoms with E-state index in [0.29, 0.717) is 29.8 Å². The highest BCUT2D eigenvalue weighted by Gasteiger charge is 2.28. The van der Waals surface area contributed by atoms with Gasteiger partial charge in [-0.2, -0.15) is 0 Å². The smallest absolute Gasteiger partial charge is 0.319 e. The topological polar surface area (TPSA) is 61.4 Å². The van der Waals surface area contributed by atoms with Crippen molar-refractivity contribution >= 4 is 17.5 Å². The average molecular weight is 484 g/mol. The molecule has 188 valence electrons. The van der Waals surface area contributed by atoms with E-state index in [2.05, 4.69) is 76.2 Å². The number of hydrogen-bond acceptors (Lipinski definition) is 3. The van der Waals surface area contributed by atoms with Crippen LogP contribution in [0.4, 0.5) is 10.5 Å². The van der Waals surface area contributed by atoms with E-state index >= 15 is 0 Å². The van der Waals surface area contributed by atoms with Gasteiger partial charge in [0.1, 0.15) is 0 Å². The molecule has 1 saturated heterocycles. The van der Waals surface area contributed by atoms with Gasteiger partial charge in [-0.3, -0.25) is 9.69 Å². The third-order valence-corrected chi connectivity index (χ3v) is 7.06. The van der Waals surface area contributed by atoms with Gasteiger partial charge in [-0.05, 0) is 74.8 Å². The van der Waals surface area contributed by atoms with Crippen LogP contribution in [0.15, 0.2) is 84.9 Å². The Hall–Kier alpha value is -3.44. The van der Waals surface area contributed by atoms with E-state index in [1.807, 2.05) is 0 Å². The van der Waals surface area contributed by atoms with Gasteiger partial charge in [0.05, 0.1) is 0 Å². The number of hydrogen-bond donors (Lipinski definition) is 2. The molecular formula is C31H37N3O2. The van der Waals surface area contributed by atoms with Crippen molar-refractivity contribution in [2.75, 3.05) is 25.0 Å². The predicted molar refractivity (Wildman–Crippen MR) is 146 cm³/mol. The van der Waals surface area contributed by atoms with Gasteiger partial charge < -0.3 is 10.6 Å². The van der Waals surface area contributed by atoms with Crippen molar-refractivity contribution in [3.63, 3.8) is 0 Å². The summed E-state index contributed by atoms with van der Waals surface area (Å²) in [6.45, 7) is 4.20. The SMILES string of the molecule is CC(=O)c1cccc(NC(=O)NCCCN2CC[C@H](Cc3ccccc3)C[C@@H]2Cc2ccccc2)c1. The van der Waals surface area contributed by atoms with Crippen molar-refractivity contribution in [1.29, 1.82) is 0 Å². The van der Waals surface area contributed by atoms with E-state index in [-0.39, 0.29) is 11.8 Å². The first-order valence-corrected chi connectivity index (χ1v) is 13.0. The number of nitrogens with one attached hydrogen (secondary N) is 2. The molecule has 1 aliphatic heterocycles. The molecule has 5 nitrogen and oxygen atoms in total. The normalized spacial score (nSPS) is 17.9. The van der Waals surface area contributed by atoms with E-state index in [0.717, 1.165) is 32.4 Å². The maximum atomic E-state index is 12.3. The van der Waals surface area contributed by atoms with E-state index < -0.39 is 0 Å². The van der Waals surface area contributed by atoms with Gasteiger partial charge in [0.15, 0.2) is 5.78 Å². The Balaban J connectivity index is 1.27. The predicted octanol–water partition coefficient (Wildman–Crippen LogP) is 5.97. The van der Waals surface area contributed by atoms with Crippen LogP contribution < -0.4 is 10.6 Å². The first-order chi connectivity index (χ1) is 17.6. The highest BCUT2D eigenvalue weighted by Crippen LogP contribution is 2.28. The largest absolute Gasteiger partial charge is 0.338 e. The quantitative estimate of drug-likeness (QED) is 0.276. The number of piperidine rings is 1. The summed E-state index contributed by atoms with van der Waals surface area (Å²) in [5.41, 5.74) is 4.04. The second kappa shape index (κ2) is 13.0. The summed E-state index contributed by atoms with van der Waals surface area (Å²) in [4.78, 5) is 26.5. The van der Waals surface area contributed by atoms with Crippen molar-refractivity contribution in [2.45, 2.75) is 45.1 Å². The number of ketones is 1. The Morgan fingerprint density at radius 1 is 0.889 bits per heavy atom. The third-order valence-electron chi connectivity index (χ3n) is 7.06. The van der Waals surface area contributed by atoms with Crippen molar-refractivity contribution < 1.29 is 9.59 Å². The van der Waals surface area contributed by atoms with Crippen LogP contribution in [0.5, 0.6) is 0 Å². The summed E-state index contributed by atoms with van der Waals surface area (Å²) in [6.07, 6.45) is 5.51. The zero-order chi connectivity index (χ0) is 25.2. The number of carbonyl (C=O) groups excluding carboxylic acids is 2. The van der Waals surface area contributed by atoms with Crippen LogP contribution in [0.3, 0.4) is 0 Å². The molecule has 0 unspecified atom stereocenters. The van der Waals surface area contributed by atoms with E-state index in [1.54, 1.807) is 24.3 Å². The van der Waals surface area contributed by atoms with Gasteiger partial charge in [0, 0.05) is 30.4 Å². The van der Waals surface area contributed by atoms with Gasteiger partial charge in [-0.1, -0.05) is 72.8 Å². The minimum absolute atomic E-state index is 0.0170. The zero-order valence-electron chi connectivity index (χ0n) is 21.2. The fourth-order valence-electron chi connectivity index (χ4n) is 5.18. The Kier molecular flexibility index (Phi) is 9.28. The molecule has 4 rings (SSSR count). The molecule has 1 fully saturated rings. The Morgan fingerprint density at radius 2 is 1.58 bits per heavy atom. The Morgan fingerprint density at radius 3 is 2.28 bits per heavy atom. The van der Waals surface area contributed by atoms with Gasteiger partial charge in [0.25, 0.3) is 0 Å². The molecule has 0 saturated carbocycles. The maximum absolute atomic E-state index is 12.3. The van der Waals surface area contributed by atoms with E-state index in [1.165, 1.54) is 30.9 Å². The third kappa shape index (κ3) is 7.79. The number of urea groups is 1. The van der Waals surface area contributed by atoms with E-state index in [4.69, 9.17) is 0 Å². The molecule has 3 aromatic rings. The summed E-state index contributed by atoms with van der Waals surface area (Å²) >= 11 is 0. The average Bonchev–Trinajstić information content (AvgIpc) is 2.89. The molecule has 0 bridgehead atoms. The lowest BCUT2D eigenvalue weighted by molar-refractivity contribution is 0.101. The lowest BCUT2D eigenvalue weighted by Crippen LogP contribution is -2.45. The minimum Gasteiger partial charge on any atom is -0.338 e. The van der Waals surface area contributed by atoms with Crippen LogP contribution in [-0.2, 0) is 12.8 Å². The van der Waals surface area contributed by atoms with Crippen molar-refractivity contribution in [3.8, 4) is 0 Å². The Labute approximate surface area is 214 Å². The number of carbonyl (C=O) groups is 2. The molecule has 0 spiro atoms. The summed E-state index contributed by atoms with van der Waals surface area (Å²) in [5, 5.41) is 5.79. The standard InChI is InChI=1S/C31H37N3O2/c1-24(35)28-14-8-15-29(23-28)33-31(36)32-17-9-18-34-19-16-27(20-25-10-4-2-5-11-25)22-30(34)21-26-12-6-3-7-13-26/h2-8,10-15,23,27,30H,9,16-22H2,1H3,(H2,32,33,36)/t27-,30+/m1/s1. The fraction of sp³-hybridized carbons (Fsp3) is 0.355. The molecular weight excluding hydrogens is 446 g/mol. The molecule has 1 aliphatic rings. The molecule has 0 aromatic heterocycles. The summed E-state index contributed by atoms with van der Waals surface area (Å²) in [7, 11) is 0. The van der Waals surface area contributed by atoms with Gasteiger partial charge in [0.2, 0.25) is 0 Å². The highest BCUT2D eigenvalue weighted by molar-refractivity contribution is 5.96. The zero-order valence-corrected chi connectivity index (χ0v) is 21.2. The highest BCUT2D eigenvalue weighted by atomic mass is 16.2. The first-order valence-electron chi connectivity index (χ1n) is 13.0. The number of rotatable bonds is 10. The molecule has 2 N–H and O–H groups in total. The number of anilines is 1. The molecule has 1 heterocycles. The van der Waals surface area contributed by atoms with Gasteiger partial charge in [-0.25, -0.2) is 4.79 Å². The van der Waals surface area contributed by atoms with Crippen LogP contribution in [0.25, 0.3) is 0 Å². The molecule has 5 heteroatoms. The number of Topliss-reactive ketones (excluding diaryl/α,β-unsaturated/α-hetero) is 1. The van der Waals surface area contributed by atoms with Gasteiger partial charge in [-0.15, -0.1) is 0 Å². The Bertz CT molecular complexity index is 1120. The summed E-state index contributed by atoms with van der Waals surface area (Å²) in [5.74, 6) is 0.684. The maximum Gasteiger partial charge on any atom is 0.319 e. The number of nitrogens with zero attached hydrogens (tertiary/aromatic N) is 1. The minimum atomic E-state index is -0.238. The lowest BCUT2D eigenvalue weighted by Gasteiger charge is -2.40. The van der Waals surface area contributed by atoms with Crippen molar-refractivity contribution in [3.05, 3.63) is 102 Å². The fourth-order valence-corrected chi connectivity index (χ4v) is 5.18. The van der Waals surface area contributed by atoms with Crippen molar-refractivity contribution in [1.82, 2.24) is 10.2 Å². The molecule has 0 aliphatic carbocycles. The molecule has 0 radical (unpaired) electrons. The second-order valence-electron chi connectivity index (χ2n) is 9.83.